The van der Waals surface area contributed by atoms with Gasteiger partial charge in [0.1, 0.15) is 0 Å². The fourth-order valence-corrected chi connectivity index (χ4v) is 3.03. The first-order valence-corrected chi connectivity index (χ1v) is 8.30. The molecule has 0 amide bonds. The molecule has 1 atom stereocenters. The van der Waals surface area contributed by atoms with Gasteiger partial charge in [-0.25, -0.2) is 17.2 Å². The van der Waals surface area contributed by atoms with E-state index >= 15 is 0 Å². The van der Waals surface area contributed by atoms with Crippen LogP contribution in [-0.4, -0.2) is 39.3 Å². The molecular weight excluding hydrogens is 298 g/mol. The molecule has 0 aliphatic rings. The molecule has 0 saturated carbocycles. The number of benzene rings is 1. The van der Waals surface area contributed by atoms with Crippen LogP contribution in [0.4, 0.5) is 8.78 Å². The second kappa shape index (κ2) is 7.82. The Labute approximate surface area is 125 Å². The summed E-state index contributed by atoms with van der Waals surface area (Å²) in [7, 11) is -2.71. The number of hydrogen-bond acceptors (Lipinski definition) is 3. The van der Waals surface area contributed by atoms with Gasteiger partial charge >= 0.3 is 0 Å². The Morgan fingerprint density at radius 1 is 1.24 bits per heavy atom. The van der Waals surface area contributed by atoms with E-state index in [0.717, 1.165) is 25.6 Å². The van der Waals surface area contributed by atoms with E-state index in [-0.39, 0.29) is 10.9 Å². The van der Waals surface area contributed by atoms with Gasteiger partial charge in [-0.05, 0) is 37.6 Å². The highest BCUT2D eigenvalue weighted by atomic mass is 32.2. The van der Waals surface area contributed by atoms with Crippen molar-refractivity contribution in [3.8, 4) is 0 Å². The van der Waals surface area contributed by atoms with Crippen LogP contribution in [0.1, 0.15) is 31.9 Å². The molecule has 1 N–H and O–H groups in total. The summed E-state index contributed by atoms with van der Waals surface area (Å²) in [6.07, 6.45) is -1.68. The molecule has 0 fully saturated rings. The summed E-state index contributed by atoms with van der Waals surface area (Å²) in [4.78, 5) is 0.0251. The predicted molar refractivity (Wildman–Crippen MR) is 79.0 cm³/mol. The minimum Gasteiger partial charge on any atom is -0.310 e. The van der Waals surface area contributed by atoms with Crippen LogP contribution < -0.4 is 5.32 Å². The van der Waals surface area contributed by atoms with Gasteiger partial charge in [-0.15, -0.1) is 0 Å². The van der Waals surface area contributed by atoms with Crippen molar-refractivity contribution in [2.24, 2.45) is 0 Å². The number of sulfonamides is 1. The third-order valence-electron chi connectivity index (χ3n) is 3.18. The minimum absolute atomic E-state index is 0.0251. The van der Waals surface area contributed by atoms with Gasteiger partial charge in [0.05, 0.1) is 11.4 Å². The van der Waals surface area contributed by atoms with Crippen molar-refractivity contribution in [3.05, 3.63) is 29.8 Å². The van der Waals surface area contributed by atoms with Gasteiger partial charge in [0.2, 0.25) is 10.0 Å². The second-order valence-corrected chi connectivity index (χ2v) is 6.97. The van der Waals surface area contributed by atoms with Crippen molar-refractivity contribution in [1.82, 2.24) is 9.62 Å². The summed E-state index contributed by atoms with van der Waals surface area (Å²) in [5.74, 6) is 0. The molecule has 1 unspecified atom stereocenters. The van der Waals surface area contributed by atoms with Crippen LogP contribution in [0.3, 0.4) is 0 Å². The Hall–Kier alpha value is -1.05. The van der Waals surface area contributed by atoms with Crippen molar-refractivity contribution >= 4 is 10.0 Å². The molecule has 1 rings (SSSR count). The average Bonchev–Trinajstić information content (AvgIpc) is 2.44. The SMILES string of the molecule is CCCNC(C)c1ccc(S(=O)(=O)N(C)CC(F)F)cc1. The first kappa shape index (κ1) is 18.0. The largest absolute Gasteiger partial charge is 0.310 e. The van der Waals surface area contributed by atoms with E-state index in [9.17, 15) is 17.2 Å². The normalized spacial score (nSPS) is 13.9. The van der Waals surface area contributed by atoms with Crippen LogP contribution >= 0.6 is 0 Å². The quantitative estimate of drug-likeness (QED) is 0.801. The number of nitrogens with one attached hydrogen (secondary N) is 1. The fourth-order valence-electron chi connectivity index (χ4n) is 1.88. The van der Waals surface area contributed by atoms with Crippen molar-refractivity contribution in [1.29, 1.82) is 0 Å². The van der Waals surface area contributed by atoms with E-state index in [1.54, 1.807) is 12.1 Å². The Balaban J connectivity index is 2.86. The lowest BCUT2D eigenvalue weighted by molar-refractivity contribution is 0.126. The van der Waals surface area contributed by atoms with Crippen LogP contribution in [0.15, 0.2) is 29.2 Å². The molecule has 0 heterocycles. The molecule has 21 heavy (non-hydrogen) atoms. The molecule has 7 heteroatoms. The molecule has 0 aliphatic carbocycles. The summed E-state index contributed by atoms with van der Waals surface area (Å²) in [6, 6.07) is 6.43. The van der Waals surface area contributed by atoms with Crippen LogP contribution in [0.2, 0.25) is 0 Å². The Morgan fingerprint density at radius 2 is 1.81 bits per heavy atom. The van der Waals surface area contributed by atoms with Crippen molar-refractivity contribution in [2.75, 3.05) is 20.1 Å². The first-order valence-electron chi connectivity index (χ1n) is 6.86. The summed E-state index contributed by atoms with van der Waals surface area (Å²) in [6.45, 7) is 4.12. The monoisotopic (exact) mass is 320 g/mol. The Bertz CT molecular complexity index is 532. The second-order valence-electron chi connectivity index (χ2n) is 4.92. The molecule has 0 radical (unpaired) electrons. The van der Waals surface area contributed by atoms with E-state index < -0.39 is 23.0 Å². The number of halogens is 2. The van der Waals surface area contributed by atoms with Gasteiger partial charge in [0.15, 0.2) is 0 Å². The van der Waals surface area contributed by atoms with Crippen molar-refractivity contribution in [2.45, 2.75) is 37.6 Å². The molecule has 120 valence electrons. The molecule has 0 aliphatic heterocycles. The highest BCUT2D eigenvalue weighted by Gasteiger charge is 2.23. The van der Waals surface area contributed by atoms with Crippen LogP contribution in [0, 0.1) is 0 Å². The van der Waals surface area contributed by atoms with Gasteiger partial charge in [-0.1, -0.05) is 19.1 Å². The molecule has 0 spiro atoms. The Morgan fingerprint density at radius 3 is 2.29 bits per heavy atom. The maximum atomic E-state index is 12.3. The van der Waals surface area contributed by atoms with E-state index in [0.29, 0.717) is 4.31 Å². The fraction of sp³-hybridized carbons (Fsp3) is 0.571. The summed E-state index contributed by atoms with van der Waals surface area (Å²) < 4.78 is 49.5. The molecular formula is C14H22F2N2O2S. The molecule has 0 aromatic heterocycles. The van der Waals surface area contributed by atoms with Gasteiger partial charge < -0.3 is 5.32 Å². The zero-order valence-corrected chi connectivity index (χ0v) is 13.3. The van der Waals surface area contributed by atoms with Crippen LogP contribution in [-0.2, 0) is 10.0 Å². The van der Waals surface area contributed by atoms with Crippen LogP contribution in [0.5, 0.6) is 0 Å². The standard InChI is InChI=1S/C14H22F2N2O2S/c1-4-9-17-11(2)12-5-7-13(8-6-12)21(19,20)18(3)10-14(15)16/h5-8,11,14,17H,4,9-10H2,1-3H3. The summed E-state index contributed by atoms with van der Waals surface area (Å²) in [5.41, 5.74) is 0.957. The summed E-state index contributed by atoms with van der Waals surface area (Å²) in [5, 5.41) is 3.30. The van der Waals surface area contributed by atoms with Gasteiger partial charge in [-0.3, -0.25) is 0 Å². The van der Waals surface area contributed by atoms with E-state index in [1.807, 2.05) is 6.92 Å². The average molecular weight is 320 g/mol. The highest BCUT2D eigenvalue weighted by Crippen LogP contribution is 2.19. The molecule has 4 nitrogen and oxygen atoms in total. The number of nitrogens with zero attached hydrogens (tertiary/aromatic N) is 1. The van der Waals surface area contributed by atoms with E-state index in [1.165, 1.54) is 12.1 Å². The van der Waals surface area contributed by atoms with Crippen molar-refractivity contribution in [3.63, 3.8) is 0 Å². The minimum atomic E-state index is -3.86. The highest BCUT2D eigenvalue weighted by molar-refractivity contribution is 7.89. The lowest BCUT2D eigenvalue weighted by Crippen LogP contribution is -2.31. The zero-order valence-electron chi connectivity index (χ0n) is 12.5. The van der Waals surface area contributed by atoms with E-state index in [2.05, 4.69) is 12.2 Å². The van der Waals surface area contributed by atoms with Crippen molar-refractivity contribution < 1.29 is 17.2 Å². The lowest BCUT2D eigenvalue weighted by Gasteiger charge is -2.18. The van der Waals surface area contributed by atoms with Gasteiger partial charge in [0, 0.05) is 13.1 Å². The zero-order chi connectivity index (χ0) is 16.0. The first-order chi connectivity index (χ1) is 9.78. The predicted octanol–water partition coefficient (Wildman–Crippen LogP) is 2.63. The molecule has 0 saturated heterocycles. The molecule has 0 bridgehead atoms. The number of hydrogen-bond donors (Lipinski definition) is 1. The Kier molecular flexibility index (Phi) is 6.70. The van der Waals surface area contributed by atoms with Crippen LogP contribution in [0.25, 0.3) is 0 Å². The van der Waals surface area contributed by atoms with E-state index in [4.69, 9.17) is 0 Å². The number of rotatable bonds is 8. The third kappa shape index (κ3) is 5.01. The smallest absolute Gasteiger partial charge is 0.252 e. The van der Waals surface area contributed by atoms with Gasteiger partial charge in [-0.2, -0.15) is 4.31 Å². The maximum absolute atomic E-state index is 12.3. The maximum Gasteiger partial charge on any atom is 0.252 e. The van der Waals surface area contributed by atoms with Gasteiger partial charge in [0.25, 0.3) is 6.43 Å². The molecule has 1 aromatic carbocycles. The lowest BCUT2D eigenvalue weighted by atomic mass is 10.1. The summed E-state index contributed by atoms with van der Waals surface area (Å²) >= 11 is 0. The number of alkyl halides is 2. The topological polar surface area (TPSA) is 49.4 Å². The molecule has 1 aromatic rings. The third-order valence-corrected chi connectivity index (χ3v) is 5.02.